The second-order valence-corrected chi connectivity index (χ2v) is 4.96. The molecule has 0 bridgehead atoms. The number of nitro groups is 1. The number of rotatable bonds is 2. The second kappa shape index (κ2) is 5.03. The lowest BCUT2D eigenvalue weighted by Crippen LogP contribution is -2.02. The Kier molecular flexibility index (Phi) is 3.19. The maximum atomic E-state index is 11.3. The minimum absolute atomic E-state index is 0.00475. The molecule has 0 fully saturated rings. The van der Waals surface area contributed by atoms with Gasteiger partial charge in [0.05, 0.1) is 9.95 Å². The lowest BCUT2D eigenvalue weighted by atomic mass is 10.0. The summed E-state index contributed by atoms with van der Waals surface area (Å²) >= 11 is 6.23. The van der Waals surface area contributed by atoms with Crippen LogP contribution in [0.5, 0.6) is 0 Å². The zero-order chi connectivity index (χ0) is 15.0. The van der Waals surface area contributed by atoms with Crippen molar-refractivity contribution in [2.75, 3.05) is 0 Å². The second-order valence-electron chi connectivity index (χ2n) is 4.55. The van der Waals surface area contributed by atoms with Crippen LogP contribution in [0.15, 0.2) is 53.3 Å². The van der Waals surface area contributed by atoms with Gasteiger partial charge in [0, 0.05) is 29.3 Å². The Balaban J connectivity index is 2.22. The van der Waals surface area contributed by atoms with Crippen molar-refractivity contribution in [2.24, 2.45) is 0 Å². The lowest BCUT2D eigenvalue weighted by Gasteiger charge is -2.07. The van der Waals surface area contributed by atoms with E-state index in [1.807, 2.05) is 0 Å². The number of nitro benzene ring substituents is 1. The van der Waals surface area contributed by atoms with Crippen molar-refractivity contribution in [2.45, 2.75) is 0 Å². The third-order valence-corrected chi connectivity index (χ3v) is 3.49. The molecule has 21 heavy (non-hydrogen) atoms. The molecule has 0 radical (unpaired) electrons. The van der Waals surface area contributed by atoms with Crippen LogP contribution < -0.4 is 5.56 Å². The quantitative estimate of drug-likeness (QED) is 0.578. The smallest absolute Gasteiger partial charge is 0.270 e. The molecule has 1 N–H and O–H groups in total. The molecule has 0 unspecified atom stereocenters. The van der Waals surface area contributed by atoms with Crippen molar-refractivity contribution in [3.05, 3.63) is 74.0 Å². The Hall–Kier alpha value is -2.66. The number of fused-ring (bicyclic) bond motifs is 1. The van der Waals surface area contributed by atoms with Gasteiger partial charge < -0.3 is 4.98 Å². The van der Waals surface area contributed by atoms with Gasteiger partial charge in [0.25, 0.3) is 5.69 Å². The molecular weight excluding hydrogens is 292 g/mol. The summed E-state index contributed by atoms with van der Waals surface area (Å²) in [6, 6.07) is 12.8. The van der Waals surface area contributed by atoms with Crippen LogP contribution in [0, 0.1) is 10.1 Å². The highest BCUT2D eigenvalue weighted by atomic mass is 35.5. The minimum Gasteiger partial charge on any atom is -0.322 e. The number of aromatic amines is 1. The van der Waals surface area contributed by atoms with E-state index >= 15 is 0 Å². The highest BCUT2D eigenvalue weighted by Gasteiger charge is 2.11. The fourth-order valence-electron chi connectivity index (χ4n) is 2.18. The SMILES string of the molecule is O=c1ccc2cc(-c3cccc([N+](=O)[O-])c3)c(Cl)cc2[nH]1. The van der Waals surface area contributed by atoms with Gasteiger partial charge in [0.2, 0.25) is 5.56 Å². The van der Waals surface area contributed by atoms with Crippen LogP contribution in [0.1, 0.15) is 0 Å². The molecule has 1 heterocycles. The van der Waals surface area contributed by atoms with Crippen molar-refractivity contribution in [3.63, 3.8) is 0 Å². The molecule has 6 heteroatoms. The maximum Gasteiger partial charge on any atom is 0.270 e. The van der Waals surface area contributed by atoms with E-state index in [-0.39, 0.29) is 11.2 Å². The minimum atomic E-state index is -0.448. The summed E-state index contributed by atoms with van der Waals surface area (Å²) in [7, 11) is 0. The molecule has 0 saturated carbocycles. The number of aromatic nitrogens is 1. The zero-order valence-corrected chi connectivity index (χ0v) is 11.4. The number of halogens is 1. The predicted molar refractivity (Wildman–Crippen MR) is 81.7 cm³/mol. The number of hydrogen-bond donors (Lipinski definition) is 1. The predicted octanol–water partition coefficient (Wildman–Crippen LogP) is 3.76. The molecule has 0 atom stereocenters. The number of benzene rings is 2. The monoisotopic (exact) mass is 300 g/mol. The summed E-state index contributed by atoms with van der Waals surface area (Å²) < 4.78 is 0. The normalized spacial score (nSPS) is 10.7. The zero-order valence-electron chi connectivity index (χ0n) is 10.7. The Bertz CT molecular complexity index is 918. The van der Waals surface area contributed by atoms with Crippen LogP contribution >= 0.6 is 11.6 Å². The number of non-ortho nitro benzene ring substituents is 1. The summed E-state index contributed by atoms with van der Waals surface area (Å²) in [4.78, 5) is 24.4. The summed E-state index contributed by atoms with van der Waals surface area (Å²) in [5.74, 6) is 0. The Morgan fingerprint density at radius 2 is 1.90 bits per heavy atom. The average Bonchev–Trinajstić information content (AvgIpc) is 2.46. The molecule has 0 saturated heterocycles. The molecule has 0 amide bonds. The number of hydrogen-bond acceptors (Lipinski definition) is 3. The van der Waals surface area contributed by atoms with E-state index < -0.39 is 4.92 Å². The van der Waals surface area contributed by atoms with E-state index in [0.29, 0.717) is 21.7 Å². The molecule has 1 aromatic heterocycles. The highest BCUT2D eigenvalue weighted by Crippen LogP contribution is 2.32. The van der Waals surface area contributed by atoms with Gasteiger partial charge in [-0.3, -0.25) is 14.9 Å². The molecule has 0 aliphatic heterocycles. The first-order valence-electron chi connectivity index (χ1n) is 6.12. The average molecular weight is 301 g/mol. The van der Waals surface area contributed by atoms with Gasteiger partial charge in [0.1, 0.15) is 0 Å². The van der Waals surface area contributed by atoms with Crippen LogP contribution in [0.2, 0.25) is 5.02 Å². The first-order valence-corrected chi connectivity index (χ1v) is 6.50. The maximum absolute atomic E-state index is 11.3. The fourth-order valence-corrected chi connectivity index (χ4v) is 2.46. The summed E-state index contributed by atoms with van der Waals surface area (Å²) in [6.07, 6.45) is 0. The van der Waals surface area contributed by atoms with Crippen LogP contribution in [0.4, 0.5) is 5.69 Å². The fraction of sp³-hybridized carbons (Fsp3) is 0. The summed E-state index contributed by atoms with van der Waals surface area (Å²) in [5.41, 5.74) is 1.76. The van der Waals surface area contributed by atoms with Gasteiger partial charge >= 0.3 is 0 Å². The number of H-pyrrole nitrogens is 1. The number of nitrogens with zero attached hydrogens (tertiary/aromatic N) is 1. The summed E-state index contributed by atoms with van der Waals surface area (Å²) in [5, 5.41) is 12.1. The van der Waals surface area contributed by atoms with E-state index in [1.54, 1.807) is 30.3 Å². The standard InChI is InChI=1S/C15H9ClN2O3/c16-13-8-14-10(4-5-15(19)17-14)7-12(13)9-2-1-3-11(6-9)18(20)21/h1-8H,(H,17,19). The first kappa shape index (κ1) is 13.3. The van der Waals surface area contributed by atoms with Crippen molar-refractivity contribution in [3.8, 4) is 11.1 Å². The molecule has 3 aromatic rings. The number of nitrogens with one attached hydrogen (secondary N) is 1. The Morgan fingerprint density at radius 1 is 1.10 bits per heavy atom. The van der Waals surface area contributed by atoms with E-state index in [2.05, 4.69) is 4.98 Å². The van der Waals surface area contributed by atoms with Crippen LogP contribution in [-0.2, 0) is 0 Å². The molecule has 5 nitrogen and oxygen atoms in total. The van der Waals surface area contributed by atoms with Gasteiger partial charge in [-0.05, 0) is 29.1 Å². The number of pyridine rings is 1. The van der Waals surface area contributed by atoms with Crippen LogP contribution in [0.3, 0.4) is 0 Å². The third-order valence-electron chi connectivity index (χ3n) is 3.18. The van der Waals surface area contributed by atoms with Gasteiger partial charge in [-0.25, -0.2) is 0 Å². The topological polar surface area (TPSA) is 76.0 Å². The van der Waals surface area contributed by atoms with E-state index in [1.165, 1.54) is 18.2 Å². The van der Waals surface area contributed by atoms with Crippen molar-refractivity contribution in [1.82, 2.24) is 4.98 Å². The van der Waals surface area contributed by atoms with E-state index in [9.17, 15) is 14.9 Å². The lowest BCUT2D eigenvalue weighted by molar-refractivity contribution is -0.384. The third kappa shape index (κ3) is 2.51. The Morgan fingerprint density at radius 3 is 2.67 bits per heavy atom. The molecule has 104 valence electrons. The molecule has 0 aliphatic rings. The van der Waals surface area contributed by atoms with Crippen LogP contribution in [-0.4, -0.2) is 9.91 Å². The molecule has 0 spiro atoms. The van der Waals surface area contributed by atoms with Gasteiger partial charge in [-0.2, -0.15) is 0 Å². The first-order chi connectivity index (χ1) is 10.0. The Labute approximate surface area is 124 Å². The van der Waals surface area contributed by atoms with E-state index in [0.717, 1.165) is 5.39 Å². The van der Waals surface area contributed by atoms with Crippen molar-refractivity contribution >= 4 is 28.2 Å². The van der Waals surface area contributed by atoms with Crippen molar-refractivity contribution in [1.29, 1.82) is 0 Å². The van der Waals surface area contributed by atoms with Crippen molar-refractivity contribution < 1.29 is 4.92 Å². The van der Waals surface area contributed by atoms with Crippen LogP contribution in [0.25, 0.3) is 22.0 Å². The van der Waals surface area contributed by atoms with Gasteiger partial charge in [-0.1, -0.05) is 23.7 Å². The highest BCUT2D eigenvalue weighted by molar-refractivity contribution is 6.34. The largest absolute Gasteiger partial charge is 0.322 e. The van der Waals surface area contributed by atoms with Gasteiger partial charge in [-0.15, -0.1) is 0 Å². The van der Waals surface area contributed by atoms with Gasteiger partial charge in [0.15, 0.2) is 0 Å². The van der Waals surface area contributed by atoms with E-state index in [4.69, 9.17) is 11.6 Å². The molecular formula is C15H9ClN2O3. The molecule has 2 aromatic carbocycles. The molecule has 0 aliphatic carbocycles. The molecule has 3 rings (SSSR count). The summed E-state index contributed by atoms with van der Waals surface area (Å²) in [6.45, 7) is 0.